The highest BCUT2D eigenvalue weighted by atomic mass is 16.6. The first kappa shape index (κ1) is 20.2. The van der Waals surface area contributed by atoms with Crippen LogP contribution in [0.2, 0.25) is 0 Å². The molecule has 0 bridgehead atoms. The van der Waals surface area contributed by atoms with Gasteiger partial charge in [0.05, 0.1) is 6.61 Å². The highest BCUT2D eigenvalue weighted by Crippen LogP contribution is 2.26. The molecule has 1 rings (SSSR count). The highest BCUT2D eigenvalue weighted by Gasteiger charge is 2.29. The first-order valence-electron chi connectivity index (χ1n) is 8.77. The van der Waals surface area contributed by atoms with E-state index in [-0.39, 0.29) is 6.09 Å². The van der Waals surface area contributed by atoms with Gasteiger partial charge in [-0.2, -0.15) is 0 Å². The Morgan fingerprint density at radius 1 is 1.35 bits per heavy atom. The fraction of sp³-hybridized carbons (Fsp3) is 0.941. The molecule has 1 saturated carbocycles. The Kier molecular flexibility index (Phi) is 8.87. The number of amides is 1. The standard InChI is InChI=1S/C17H35N3O3/c1-17(2,3)23-16(21)19-11-13-7-5-9-15(13)20-14(12-22-4)8-6-10-18/h13-15,20H,5-12,18H2,1-4H3,(H,19,21). The average molecular weight is 329 g/mol. The minimum atomic E-state index is -0.455. The molecule has 6 heteroatoms. The van der Waals surface area contributed by atoms with Crippen molar-refractivity contribution in [2.45, 2.75) is 70.6 Å². The zero-order valence-electron chi connectivity index (χ0n) is 15.2. The number of ether oxygens (including phenoxy) is 2. The molecule has 23 heavy (non-hydrogen) atoms. The van der Waals surface area contributed by atoms with Crippen molar-refractivity contribution in [1.82, 2.24) is 10.6 Å². The number of methoxy groups -OCH3 is 1. The third-order valence-electron chi connectivity index (χ3n) is 4.14. The van der Waals surface area contributed by atoms with Crippen LogP contribution in [-0.2, 0) is 9.47 Å². The summed E-state index contributed by atoms with van der Waals surface area (Å²) in [6.45, 7) is 7.68. The third kappa shape index (κ3) is 8.53. The molecule has 0 aromatic rings. The zero-order chi connectivity index (χ0) is 17.3. The molecule has 136 valence electrons. The average Bonchev–Trinajstić information content (AvgIpc) is 2.88. The molecule has 3 atom stereocenters. The highest BCUT2D eigenvalue weighted by molar-refractivity contribution is 5.67. The van der Waals surface area contributed by atoms with E-state index in [1.54, 1.807) is 7.11 Å². The van der Waals surface area contributed by atoms with E-state index >= 15 is 0 Å². The first-order valence-corrected chi connectivity index (χ1v) is 8.77. The third-order valence-corrected chi connectivity index (χ3v) is 4.14. The van der Waals surface area contributed by atoms with E-state index in [0.717, 1.165) is 25.7 Å². The normalized spacial score (nSPS) is 22.8. The van der Waals surface area contributed by atoms with E-state index in [1.165, 1.54) is 6.42 Å². The van der Waals surface area contributed by atoms with Crippen molar-refractivity contribution >= 4 is 6.09 Å². The number of nitrogens with two attached hydrogens (primary N) is 1. The Bertz CT molecular complexity index is 344. The van der Waals surface area contributed by atoms with Crippen LogP contribution < -0.4 is 16.4 Å². The molecule has 0 heterocycles. The lowest BCUT2D eigenvalue weighted by atomic mass is 10.0. The largest absolute Gasteiger partial charge is 0.444 e. The van der Waals surface area contributed by atoms with Crippen molar-refractivity contribution in [2.75, 3.05) is 26.8 Å². The quantitative estimate of drug-likeness (QED) is 0.602. The van der Waals surface area contributed by atoms with E-state index in [1.807, 2.05) is 20.8 Å². The molecular formula is C17H35N3O3. The number of hydrogen-bond acceptors (Lipinski definition) is 5. The fourth-order valence-corrected chi connectivity index (χ4v) is 3.11. The van der Waals surface area contributed by atoms with Gasteiger partial charge < -0.3 is 25.8 Å². The van der Waals surface area contributed by atoms with E-state index in [4.69, 9.17) is 15.2 Å². The van der Waals surface area contributed by atoms with Gasteiger partial charge in [-0.1, -0.05) is 6.42 Å². The van der Waals surface area contributed by atoms with E-state index < -0.39 is 5.60 Å². The Labute approximate surface area is 140 Å². The van der Waals surface area contributed by atoms with Gasteiger partial charge in [-0.15, -0.1) is 0 Å². The van der Waals surface area contributed by atoms with E-state index in [9.17, 15) is 4.79 Å². The summed E-state index contributed by atoms with van der Waals surface area (Å²) < 4.78 is 10.6. The lowest BCUT2D eigenvalue weighted by molar-refractivity contribution is 0.0516. The van der Waals surface area contributed by atoms with Crippen molar-refractivity contribution in [3.05, 3.63) is 0 Å². The molecule has 0 aromatic carbocycles. The Balaban J connectivity index is 2.41. The van der Waals surface area contributed by atoms with Crippen LogP contribution in [-0.4, -0.2) is 50.6 Å². The molecule has 3 unspecified atom stereocenters. The first-order chi connectivity index (χ1) is 10.9. The topological polar surface area (TPSA) is 85.6 Å². The predicted octanol–water partition coefficient (Wildman–Crippen LogP) is 2.02. The van der Waals surface area contributed by atoms with Gasteiger partial charge >= 0.3 is 6.09 Å². The van der Waals surface area contributed by atoms with E-state index in [2.05, 4.69) is 10.6 Å². The molecule has 6 nitrogen and oxygen atoms in total. The Hall–Kier alpha value is -0.850. The van der Waals surface area contributed by atoms with Gasteiger partial charge in [-0.05, 0) is 58.9 Å². The lowest BCUT2D eigenvalue weighted by Crippen LogP contribution is -2.46. The van der Waals surface area contributed by atoms with Crippen LogP contribution in [0.4, 0.5) is 4.79 Å². The van der Waals surface area contributed by atoms with Crippen molar-refractivity contribution < 1.29 is 14.3 Å². The molecule has 0 aromatic heterocycles. The number of alkyl carbamates (subject to hydrolysis) is 1. The van der Waals surface area contributed by atoms with Crippen LogP contribution in [0.1, 0.15) is 52.9 Å². The van der Waals surface area contributed by atoms with Crippen molar-refractivity contribution in [3.63, 3.8) is 0 Å². The number of hydrogen-bond donors (Lipinski definition) is 3. The summed E-state index contributed by atoms with van der Waals surface area (Å²) in [6.07, 6.45) is 5.14. The fourth-order valence-electron chi connectivity index (χ4n) is 3.11. The van der Waals surface area contributed by atoms with Gasteiger partial charge in [0.2, 0.25) is 0 Å². The van der Waals surface area contributed by atoms with Crippen molar-refractivity contribution in [2.24, 2.45) is 11.7 Å². The van der Waals surface area contributed by atoms with Gasteiger partial charge in [-0.3, -0.25) is 0 Å². The molecule has 0 spiro atoms. The van der Waals surface area contributed by atoms with Crippen LogP contribution in [0.25, 0.3) is 0 Å². The second-order valence-corrected chi connectivity index (χ2v) is 7.43. The van der Waals surface area contributed by atoms with Crippen LogP contribution in [0, 0.1) is 5.92 Å². The summed E-state index contributed by atoms with van der Waals surface area (Å²) in [6, 6.07) is 0.749. The smallest absolute Gasteiger partial charge is 0.407 e. The maximum Gasteiger partial charge on any atom is 0.407 e. The van der Waals surface area contributed by atoms with Gasteiger partial charge in [0.25, 0.3) is 0 Å². The van der Waals surface area contributed by atoms with Gasteiger partial charge in [0.1, 0.15) is 5.60 Å². The molecule has 1 aliphatic rings. The molecular weight excluding hydrogens is 294 g/mol. The van der Waals surface area contributed by atoms with E-state index in [0.29, 0.717) is 37.7 Å². The van der Waals surface area contributed by atoms with Gasteiger partial charge in [-0.25, -0.2) is 4.79 Å². The summed E-state index contributed by atoms with van der Waals surface area (Å²) in [7, 11) is 1.73. The van der Waals surface area contributed by atoms with Crippen LogP contribution >= 0.6 is 0 Å². The summed E-state index contributed by atoms with van der Waals surface area (Å²) in [5.41, 5.74) is 5.15. The maximum absolute atomic E-state index is 11.8. The van der Waals surface area contributed by atoms with Gasteiger partial charge in [0, 0.05) is 25.7 Å². The van der Waals surface area contributed by atoms with Crippen LogP contribution in [0.5, 0.6) is 0 Å². The Morgan fingerprint density at radius 3 is 2.70 bits per heavy atom. The molecule has 1 aliphatic carbocycles. The summed E-state index contributed by atoms with van der Waals surface area (Å²) in [5, 5.41) is 6.61. The molecule has 4 N–H and O–H groups in total. The molecule has 0 aliphatic heterocycles. The second kappa shape index (κ2) is 10.1. The monoisotopic (exact) mass is 329 g/mol. The molecule has 0 radical (unpaired) electrons. The second-order valence-electron chi connectivity index (χ2n) is 7.43. The lowest BCUT2D eigenvalue weighted by Gasteiger charge is -2.27. The molecule has 0 saturated heterocycles. The summed E-state index contributed by atoms with van der Waals surface area (Å²) >= 11 is 0. The predicted molar refractivity (Wildman–Crippen MR) is 92.5 cm³/mol. The summed E-state index contributed by atoms with van der Waals surface area (Å²) in [5.74, 6) is 0.444. The minimum Gasteiger partial charge on any atom is -0.444 e. The Morgan fingerprint density at radius 2 is 2.09 bits per heavy atom. The van der Waals surface area contributed by atoms with Gasteiger partial charge in [0.15, 0.2) is 0 Å². The minimum absolute atomic E-state index is 0.329. The molecule has 1 fully saturated rings. The number of carbonyl (C=O) groups excluding carboxylic acids is 1. The maximum atomic E-state index is 11.8. The summed E-state index contributed by atoms with van der Waals surface area (Å²) in [4.78, 5) is 11.8. The van der Waals surface area contributed by atoms with Crippen molar-refractivity contribution in [1.29, 1.82) is 0 Å². The zero-order valence-corrected chi connectivity index (χ0v) is 15.2. The van der Waals surface area contributed by atoms with Crippen LogP contribution in [0.3, 0.4) is 0 Å². The van der Waals surface area contributed by atoms with Crippen LogP contribution in [0.15, 0.2) is 0 Å². The number of rotatable bonds is 9. The van der Waals surface area contributed by atoms with Crippen molar-refractivity contribution in [3.8, 4) is 0 Å². The number of carbonyl (C=O) groups is 1. The molecule has 1 amide bonds. The number of nitrogens with one attached hydrogen (secondary N) is 2. The SMILES string of the molecule is COCC(CCCN)NC1CCCC1CNC(=O)OC(C)(C)C.